The lowest BCUT2D eigenvalue weighted by molar-refractivity contribution is 0.135. The van der Waals surface area contributed by atoms with Gasteiger partial charge in [0.25, 0.3) is 0 Å². The first-order valence-corrected chi connectivity index (χ1v) is 7.65. The maximum Gasteiger partial charge on any atom is 0.0948 e. The molecule has 0 aliphatic rings. The Morgan fingerprint density at radius 3 is 2.63 bits per heavy atom. The number of nitrogens with two attached hydrogens (primary N) is 1. The summed E-state index contributed by atoms with van der Waals surface area (Å²) in [5.74, 6) is 0. The van der Waals surface area contributed by atoms with Crippen LogP contribution in [0.5, 0.6) is 0 Å². The molecule has 0 amide bonds. The molecule has 4 heteroatoms. The van der Waals surface area contributed by atoms with E-state index < -0.39 is 0 Å². The quantitative estimate of drug-likeness (QED) is 0.747. The van der Waals surface area contributed by atoms with E-state index in [0.717, 1.165) is 19.5 Å². The summed E-state index contributed by atoms with van der Waals surface area (Å²) in [4.78, 5) is 6.84. The second-order valence-electron chi connectivity index (χ2n) is 5.20. The lowest BCUT2D eigenvalue weighted by atomic mass is 10.1. The van der Waals surface area contributed by atoms with Crippen molar-refractivity contribution in [2.75, 3.05) is 13.1 Å². The van der Waals surface area contributed by atoms with Gasteiger partial charge in [-0.1, -0.05) is 20.3 Å². The first-order chi connectivity index (χ1) is 9.19. The fraction of sp³-hybridized carbons (Fsp3) is 0.800. The van der Waals surface area contributed by atoms with Gasteiger partial charge in [-0.3, -0.25) is 4.90 Å². The van der Waals surface area contributed by atoms with Crippen LogP contribution in [0, 0.1) is 0 Å². The van der Waals surface area contributed by atoms with E-state index in [-0.39, 0.29) is 6.04 Å². The van der Waals surface area contributed by atoms with Gasteiger partial charge in [-0.2, -0.15) is 0 Å². The van der Waals surface area contributed by atoms with E-state index in [4.69, 9.17) is 5.73 Å². The number of hydrogen-bond donors (Lipinski definition) is 1. The monoisotopic (exact) mass is 266 g/mol. The molecule has 1 aromatic rings. The smallest absolute Gasteiger partial charge is 0.0948 e. The first-order valence-electron chi connectivity index (χ1n) is 7.65. The average Bonchev–Trinajstić information content (AvgIpc) is 2.90. The van der Waals surface area contributed by atoms with Gasteiger partial charge in [0.1, 0.15) is 0 Å². The van der Waals surface area contributed by atoms with Gasteiger partial charge in [0, 0.05) is 25.3 Å². The van der Waals surface area contributed by atoms with Gasteiger partial charge < -0.3 is 10.3 Å². The molecule has 2 unspecified atom stereocenters. The third-order valence-corrected chi connectivity index (χ3v) is 3.98. The molecule has 0 saturated heterocycles. The van der Waals surface area contributed by atoms with E-state index in [1.165, 1.54) is 18.5 Å². The topological polar surface area (TPSA) is 47.1 Å². The molecule has 0 aromatic carbocycles. The van der Waals surface area contributed by atoms with Crippen LogP contribution in [-0.4, -0.2) is 33.6 Å². The number of aromatic nitrogens is 2. The highest BCUT2D eigenvalue weighted by molar-refractivity contribution is 5.07. The van der Waals surface area contributed by atoms with Crippen molar-refractivity contribution in [3.8, 4) is 0 Å². The van der Waals surface area contributed by atoms with Crippen LogP contribution in [0.4, 0.5) is 0 Å². The Hall–Kier alpha value is -0.870. The van der Waals surface area contributed by atoms with Crippen LogP contribution in [0.2, 0.25) is 0 Å². The van der Waals surface area contributed by atoms with Gasteiger partial charge in [0.05, 0.1) is 18.1 Å². The molecule has 0 aliphatic carbocycles. The van der Waals surface area contributed by atoms with Crippen molar-refractivity contribution in [2.45, 2.75) is 65.6 Å². The van der Waals surface area contributed by atoms with Crippen molar-refractivity contribution in [3.63, 3.8) is 0 Å². The number of nitrogens with zero attached hydrogens (tertiary/aromatic N) is 3. The first kappa shape index (κ1) is 16.2. The standard InChI is InChI=1S/C15H30N4/c1-5-8-9-19(13(4)6-2)14(10-16)15-11-17-12-18(15)7-3/h11-14H,5-10,16H2,1-4H3. The van der Waals surface area contributed by atoms with Crippen molar-refractivity contribution in [2.24, 2.45) is 5.73 Å². The zero-order valence-electron chi connectivity index (χ0n) is 13.0. The molecule has 0 radical (unpaired) electrons. The Kier molecular flexibility index (Phi) is 7.10. The molecule has 2 N–H and O–H groups in total. The predicted octanol–water partition coefficient (Wildman–Crippen LogP) is 2.80. The van der Waals surface area contributed by atoms with Gasteiger partial charge in [0.15, 0.2) is 0 Å². The van der Waals surface area contributed by atoms with Crippen molar-refractivity contribution >= 4 is 0 Å². The molecule has 1 rings (SSSR count). The molecule has 0 fully saturated rings. The maximum atomic E-state index is 6.07. The summed E-state index contributed by atoms with van der Waals surface area (Å²) in [6.07, 6.45) is 7.48. The largest absolute Gasteiger partial charge is 0.333 e. The van der Waals surface area contributed by atoms with Gasteiger partial charge in [-0.05, 0) is 33.2 Å². The molecular weight excluding hydrogens is 236 g/mol. The number of aryl methyl sites for hydroxylation is 1. The summed E-state index contributed by atoms with van der Waals surface area (Å²) in [5.41, 5.74) is 7.32. The molecule has 110 valence electrons. The summed E-state index contributed by atoms with van der Waals surface area (Å²) in [5, 5.41) is 0. The van der Waals surface area contributed by atoms with Gasteiger partial charge in [-0.25, -0.2) is 4.98 Å². The summed E-state index contributed by atoms with van der Waals surface area (Å²) in [6, 6.07) is 0.837. The van der Waals surface area contributed by atoms with Crippen molar-refractivity contribution in [1.29, 1.82) is 0 Å². The minimum atomic E-state index is 0.281. The minimum absolute atomic E-state index is 0.281. The number of hydrogen-bond acceptors (Lipinski definition) is 3. The summed E-state index contributed by atoms with van der Waals surface area (Å²) < 4.78 is 2.21. The van der Waals surface area contributed by atoms with E-state index in [0.29, 0.717) is 12.6 Å². The van der Waals surface area contributed by atoms with E-state index in [9.17, 15) is 0 Å². The van der Waals surface area contributed by atoms with Crippen LogP contribution in [0.15, 0.2) is 12.5 Å². The van der Waals surface area contributed by atoms with E-state index >= 15 is 0 Å². The highest BCUT2D eigenvalue weighted by Crippen LogP contribution is 2.23. The Morgan fingerprint density at radius 1 is 1.37 bits per heavy atom. The van der Waals surface area contributed by atoms with E-state index in [2.05, 4.69) is 42.1 Å². The van der Waals surface area contributed by atoms with Crippen LogP contribution in [0.1, 0.15) is 58.7 Å². The highest BCUT2D eigenvalue weighted by Gasteiger charge is 2.24. The van der Waals surface area contributed by atoms with E-state index in [1.54, 1.807) is 0 Å². The normalized spacial score (nSPS) is 14.8. The second-order valence-corrected chi connectivity index (χ2v) is 5.20. The summed E-state index contributed by atoms with van der Waals surface area (Å²) in [6.45, 7) is 11.6. The molecule has 4 nitrogen and oxygen atoms in total. The van der Waals surface area contributed by atoms with Crippen molar-refractivity contribution in [3.05, 3.63) is 18.2 Å². The van der Waals surface area contributed by atoms with Crippen molar-refractivity contribution < 1.29 is 0 Å². The molecular formula is C15H30N4. The zero-order chi connectivity index (χ0) is 14.3. The molecule has 0 saturated carbocycles. The molecule has 0 aliphatic heterocycles. The van der Waals surface area contributed by atoms with Crippen LogP contribution in [-0.2, 0) is 6.54 Å². The Labute approximate surface area is 118 Å². The van der Waals surface area contributed by atoms with Gasteiger partial charge >= 0.3 is 0 Å². The molecule has 1 aromatic heterocycles. The molecule has 0 spiro atoms. The summed E-state index contributed by atoms with van der Waals surface area (Å²) >= 11 is 0. The average molecular weight is 266 g/mol. The third-order valence-electron chi connectivity index (χ3n) is 3.98. The predicted molar refractivity (Wildman–Crippen MR) is 81.1 cm³/mol. The zero-order valence-corrected chi connectivity index (χ0v) is 13.0. The van der Waals surface area contributed by atoms with Crippen LogP contribution in [0.25, 0.3) is 0 Å². The lowest BCUT2D eigenvalue weighted by Crippen LogP contribution is -2.41. The summed E-state index contributed by atoms with van der Waals surface area (Å²) in [7, 11) is 0. The van der Waals surface area contributed by atoms with Crippen LogP contribution in [0.3, 0.4) is 0 Å². The Morgan fingerprint density at radius 2 is 2.11 bits per heavy atom. The minimum Gasteiger partial charge on any atom is -0.333 e. The third kappa shape index (κ3) is 4.05. The fourth-order valence-electron chi connectivity index (χ4n) is 2.56. The molecule has 1 heterocycles. The number of imidazole rings is 1. The molecule has 19 heavy (non-hydrogen) atoms. The van der Waals surface area contributed by atoms with E-state index in [1.807, 2.05) is 12.5 Å². The van der Waals surface area contributed by atoms with Crippen molar-refractivity contribution in [1.82, 2.24) is 14.5 Å². The lowest BCUT2D eigenvalue weighted by Gasteiger charge is -2.36. The maximum absolute atomic E-state index is 6.07. The molecule has 0 bridgehead atoms. The Bertz CT molecular complexity index is 348. The number of rotatable bonds is 9. The highest BCUT2D eigenvalue weighted by atomic mass is 15.2. The van der Waals surface area contributed by atoms with Gasteiger partial charge in [0.2, 0.25) is 0 Å². The van der Waals surface area contributed by atoms with Gasteiger partial charge in [-0.15, -0.1) is 0 Å². The van der Waals surface area contributed by atoms with Crippen LogP contribution < -0.4 is 5.73 Å². The Balaban J connectivity index is 2.94. The fourth-order valence-corrected chi connectivity index (χ4v) is 2.56. The molecule has 2 atom stereocenters. The van der Waals surface area contributed by atoms with Crippen LogP contribution >= 0.6 is 0 Å². The second kappa shape index (κ2) is 8.33. The number of unbranched alkanes of at least 4 members (excludes halogenated alkanes) is 1. The SMILES string of the molecule is CCCCN(C(C)CC)C(CN)c1cncn1CC.